The zero-order valence-electron chi connectivity index (χ0n) is 10.9. The fourth-order valence-electron chi connectivity index (χ4n) is 1.01. The average Bonchev–Trinajstić information content (AvgIpc) is 1.99. The van der Waals surface area contributed by atoms with Crippen LogP contribution in [0.3, 0.4) is 0 Å². The molecule has 0 radical (unpaired) electrons. The first kappa shape index (κ1) is 19.3. The van der Waals surface area contributed by atoms with Crippen LogP contribution in [0.25, 0.3) is 0 Å². The van der Waals surface area contributed by atoms with Crippen LogP contribution >= 0.6 is 7.82 Å². The quantitative estimate of drug-likeness (QED) is 0.320. The van der Waals surface area contributed by atoms with Gasteiger partial charge in [-0.15, -0.1) is 0 Å². The monoisotopic (exact) mass is 252 g/mol. The van der Waals surface area contributed by atoms with Crippen LogP contribution in [0.15, 0.2) is 18.2 Å². The van der Waals surface area contributed by atoms with E-state index in [9.17, 15) is 0 Å². The van der Waals surface area contributed by atoms with Gasteiger partial charge in [0.2, 0.25) is 0 Å². The Morgan fingerprint density at radius 2 is 1.65 bits per heavy atom. The van der Waals surface area contributed by atoms with E-state index in [0.29, 0.717) is 0 Å². The molecule has 1 rings (SSSR count). The summed E-state index contributed by atoms with van der Waals surface area (Å²) < 4.78 is 8.88. The standard InChI is InChI=1S/C11H15.Li.H3O4P/c1-9-6-5-7-10(8-9)11(2,3)4;;1-5(2,3)4/h5-6,8H,1-4H3;;(H3,1,2,3,4)/q-1;+1;. The first-order chi connectivity index (χ1) is 7.00. The van der Waals surface area contributed by atoms with Crippen molar-refractivity contribution >= 4 is 7.82 Å². The summed E-state index contributed by atoms with van der Waals surface area (Å²) in [6.45, 7) is 8.73. The molecular weight excluding hydrogens is 234 g/mol. The zero-order valence-corrected chi connectivity index (χ0v) is 11.8. The van der Waals surface area contributed by atoms with Crippen LogP contribution < -0.4 is 18.9 Å². The van der Waals surface area contributed by atoms with Crippen LogP contribution in [0.5, 0.6) is 0 Å². The third-order valence-corrected chi connectivity index (χ3v) is 1.77. The SMILES string of the molecule is Cc1cc[c-]c(C(C)(C)C)c1.O=P(O)(O)O.[Li+]. The Bertz CT molecular complexity index is 373. The van der Waals surface area contributed by atoms with Gasteiger partial charge in [0.15, 0.2) is 0 Å². The summed E-state index contributed by atoms with van der Waals surface area (Å²) in [6, 6.07) is 9.52. The van der Waals surface area contributed by atoms with Gasteiger partial charge in [-0.3, -0.25) is 0 Å². The minimum absolute atomic E-state index is 0. The summed E-state index contributed by atoms with van der Waals surface area (Å²) in [4.78, 5) is 21.6. The molecule has 0 aliphatic carbocycles. The molecule has 6 heteroatoms. The van der Waals surface area contributed by atoms with Crippen molar-refractivity contribution in [2.45, 2.75) is 33.1 Å². The Morgan fingerprint density at radius 3 is 1.88 bits per heavy atom. The number of hydrogen-bond donors (Lipinski definition) is 3. The Balaban J connectivity index is 0. The maximum Gasteiger partial charge on any atom is 1.00 e. The normalized spacial score (nSPS) is 11.0. The fraction of sp³-hybridized carbons (Fsp3) is 0.455. The number of benzene rings is 1. The molecule has 0 heterocycles. The van der Waals surface area contributed by atoms with E-state index in [1.54, 1.807) is 0 Å². The summed E-state index contributed by atoms with van der Waals surface area (Å²) >= 11 is 0. The van der Waals surface area contributed by atoms with Gasteiger partial charge < -0.3 is 14.7 Å². The van der Waals surface area contributed by atoms with Gasteiger partial charge in [-0.25, -0.2) is 4.57 Å². The van der Waals surface area contributed by atoms with Gasteiger partial charge in [0.25, 0.3) is 0 Å². The molecule has 1 aromatic rings. The summed E-state index contributed by atoms with van der Waals surface area (Å²) in [7, 11) is -4.64. The molecule has 0 spiro atoms. The van der Waals surface area contributed by atoms with Crippen LogP contribution in [0, 0.1) is 13.0 Å². The van der Waals surface area contributed by atoms with Gasteiger partial charge in [-0.05, 0) is 5.41 Å². The number of hydrogen-bond acceptors (Lipinski definition) is 1. The summed E-state index contributed by atoms with van der Waals surface area (Å²) in [5.41, 5.74) is 2.83. The number of rotatable bonds is 0. The maximum absolute atomic E-state index is 8.88. The van der Waals surface area contributed by atoms with Crippen molar-refractivity contribution in [2.24, 2.45) is 0 Å². The molecule has 0 atom stereocenters. The molecule has 0 bridgehead atoms. The van der Waals surface area contributed by atoms with Crippen molar-refractivity contribution in [1.82, 2.24) is 0 Å². The topological polar surface area (TPSA) is 77.8 Å². The third kappa shape index (κ3) is 12.2. The van der Waals surface area contributed by atoms with E-state index >= 15 is 0 Å². The Labute approximate surface area is 114 Å². The number of aryl methyl sites for hydroxylation is 1. The van der Waals surface area contributed by atoms with Gasteiger partial charge in [-0.2, -0.15) is 35.4 Å². The molecule has 4 nitrogen and oxygen atoms in total. The smallest absolute Gasteiger partial charge is 0.303 e. The Hall–Kier alpha value is -0.0726. The van der Waals surface area contributed by atoms with E-state index in [1.165, 1.54) is 11.1 Å². The number of phosphoric acid groups is 1. The van der Waals surface area contributed by atoms with Gasteiger partial charge >= 0.3 is 26.7 Å². The second-order valence-electron chi connectivity index (χ2n) is 4.54. The van der Waals surface area contributed by atoms with E-state index in [-0.39, 0.29) is 24.3 Å². The predicted octanol–water partition coefficient (Wildman–Crippen LogP) is -0.832. The zero-order chi connectivity index (χ0) is 13.0. The van der Waals surface area contributed by atoms with Gasteiger partial charge in [-0.1, -0.05) is 27.7 Å². The van der Waals surface area contributed by atoms with Gasteiger partial charge in [0.05, 0.1) is 0 Å². The summed E-state index contributed by atoms with van der Waals surface area (Å²) in [5, 5.41) is 0. The molecule has 1 aromatic carbocycles. The first-order valence-electron chi connectivity index (χ1n) is 4.77. The van der Waals surface area contributed by atoms with Crippen molar-refractivity contribution in [3.63, 3.8) is 0 Å². The average molecular weight is 252 g/mol. The van der Waals surface area contributed by atoms with E-state index in [4.69, 9.17) is 19.2 Å². The largest absolute Gasteiger partial charge is 1.00 e. The summed E-state index contributed by atoms with van der Waals surface area (Å²) in [6.07, 6.45) is 0. The van der Waals surface area contributed by atoms with Crippen molar-refractivity contribution in [3.05, 3.63) is 35.4 Å². The minimum Gasteiger partial charge on any atom is -0.303 e. The Kier molecular flexibility index (Phi) is 8.37. The van der Waals surface area contributed by atoms with Crippen LogP contribution in [0.4, 0.5) is 0 Å². The van der Waals surface area contributed by atoms with Crippen LogP contribution in [-0.2, 0) is 9.98 Å². The van der Waals surface area contributed by atoms with E-state index in [0.717, 1.165) is 0 Å². The third-order valence-electron chi connectivity index (χ3n) is 1.77. The molecule has 0 saturated heterocycles. The molecule has 17 heavy (non-hydrogen) atoms. The molecule has 0 amide bonds. The Morgan fingerprint density at radius 1 is 1.24 bits per heavy atom. The molecule has 0 aliphatic heterocycles. The van der Waals surface area contributed by atoms with E-state index in [2.05, 4.69) is 45.9 Å². The molecule has 0 saturated carbocycles. The van der Waals surface area contributed by atoms with Gasteiger partial charge in [0, 0.05) is 0 Å². The molecule has 0 aromatic heterocycles. The van der Waals surface area contributed by atoms with Crippen LogP contribution in [-0.4, -0.2) is 14.7 Å². The molecular formula is C11H18LiO4P. The van der Waals surface area contributed by atoms with E-state index < -0.39 is 7.82 Å². The van der Waals surface area contributed by atoms with Crippen LogP contribution in [0.1, 0.15) is 31.9 Å². The van der Waals surface area contributed by atoms with Crippen LogP contribution in [0.2, 0.25) is 0 Å². The fourth-order valence-corrected chi connectivity index (χ4v) is 1.01. The second-order valence-corrected chi connectivity index (χ2v) is 5.57. The minimum atomic E-state index is -4.64. The maximum atomic E-state index is 8.88. The molecule has 0 aliphatic rings. The van der Waals surface area contributed by atoms with Crippen molar-refractivity contribution in [1.29, 1.82) is 0 Å². The van der Waals surface area contributed by atoms with Gasteiger partial charge in [0.1, 0.15) is 0 Å². The van der Waals surface area contributed by atoms with E-state index in [1.807, 2.05) is 6.07 Å². The summed E-state index contributed by atoms with van der Waals surface area (Å²) in [5.74, 6) is 0. The molecule has 0 unspecified atom stereocenters. The van der Waals surface area contributed by atoms with Crippen molar-refractivity contribution in [3.8, 4) is 0 Å². The second kappa shape index (κ2) is 7.38. The molecule has 0 fully saturated rings. The van der Waals surface area contributed by atoms with Crippen molar-refractivity contribution in [2.75, 3.05) is 0 Å². The van der Waals surface area contributed by atoms with Crippen molar-refractivity contribution < 1.29 is 38.1 Å². The first-order valence-corrected chi connectivity index (χ1v) is 6.34. The predicted molar refractivity (Wildman–Crippen MR) is 63.0 cm³/mol. The molecule has 92 valence electrons. The molecule has 3 N–H and O–H groups in total.